The van der Waals surface area contributed by atoms with Crippen LogP contribution in [0.4, 0.5) is 11.4 Å². The number of nitrogens with one attached hydrogen (secondary N) is 2. The Bertz CT molecular complexity index is 1480. The molecule has 0 radical (unpaired) electrons. The number of ether oxygens (including phenoxy) is 1. The average Bonchev–Trinajstić information content (AvgIpc) is 3.33. The number of aromatic hydroxyl groups is 1. The number of halogens is 2. The van der Waals surface area contributed by atoms with E-state index < -0.39 is 21.1 Å². The zero-order chi connectivity index (χ0) is 34.8. The Balaban J connectivity index is 0.000000251. The molecule has 2 aliphatic heterocycles. The van der Waals surface area contributed by atoms with Crippen molar-refractivity contribution in [1.82, 2.24) is 0 Å². The topological polar surface area (TPSA) is 118 Å². The van der Waals surface area contributed by atoms with Crippen LogP contribution in [-0.4, -0.2) is 36.6 Å². The molecule has 0 bridgehead atoms. The molecule has 0 aliphatic carbocycles. The summed E-state index contributed by atoms with van der Waals surface area (Å²) in [5.41, 5.74) is 6.34. The summed E-state index contributed by atoms with van der Waals surface area (Å²) in [6.07, 6.45) is 9.69. The van der Waals surface area contributed by atoms with E-state index in [1.54, 1.807) is 19.1 Å². The third-order valence-corrected chi connectivity index (χ3v) is 8.17. The molecule has 2 atom stereocenters. The van der Waals surface area contributed by atoms with Gasteiger partial charge in [0.15, 0.2) is 0 Å². The van der Waals surface area contributed by atoms with E-state index in [0.29, 0.717) is 17.9 Å². The van der Waals surface area contributed by atoms with Gasteiger partial charge in [0, 0.05) is 48.0 Å². The Kier molecular flexibility index (Phi) is 19.1. The van der Waals surface area contributed by atoms with Crippen LogP contribution in [0.3, 0.4) is 0 Å². The third kappa shape index (κ3) is 14.6. The molecule has 2 unspecified atom stereocenters. The van der Waals surface area contributed by atoms with Crippen LogP contribution < -0.4 is 16.3 Å². The molecule has 3 heterocycles. The second-order valence-electron chi connectivity index (χ2n) is 12.0. The number of benzene rings is 2. The summed E-state index contributed by atoms with van der Waals surface area (Å²) in [6, 6.07) is 11.4. The fourth-order valence-corrected chi connectivity index (χ4v) is 5.88. The number of phenolic OH excluding ortho intramolecular Hbond substituents is 1. The van der Waals surface area contributed by atoms with Crippen molar-refractivity contribution in [2.45, 2.75) is 92.4 Å². The summed E-state index contributed by atoms with van der Waals surface area (Å²) >= 11 is -0.931. The number of Topliss-reactive ketones (excluding diaryl/α,β-unsaturated/α-hetero) is 1. The number of carbonyl (C=O) groups excluding carboxylic acids is 2. The SMILES string of the molecule is CCCC1CCc2cc3c(C)cc(=O)oc3cc2NC1.CCCC1CCc2ccc(O)cc2NC1.CCOC(=O)CC(C)=O.[Cl][Zn][Cl]. The van der Waals surface area contributed by atoms with Crippen LogP contribution in [0.1, 0.15) is 89.3 Å². The number of hydrogen-bond donors (Lipinski definition) is 3. The van der Waals surface area contributed by atoms with Crippen molar-refractivity contribution in [1.29, 1.82) is 0 Å². The summed E-state index contributed by atoms with van der Waals surface area (Å²) in [6.45, 7) is 11.9. The number of hydrogen-bond acceptors (Lipinski definition) is 8. The van der Waals surface area contributed by atoms with E-state index >= 15 is 0 Å². The van der Waals surface area contributed by atoms with Gasteiger partial charge in [-0.25, -0.2) is 4.79 Å². The third-order valence-electron chi connectivity index (χ3n) is 8.17. The number of anilines is 2. The molecule has 0 spiro atoms. The van der Waals surface area contributed by atoms with Gasteiger partial charge in [-0.2, -0.15) is 0 Å². The van der Waals surface area contributed by atoms with E-state index in [4.69, 9.17) is 23.8 Å². The van der Waals surface area contributed by atoms with Gasteiger partial charge in [-0.05, 0) is 100.0 Å². The summed E-state index contributed by atoms with van der Waals surface area (Å²) in [4.78, 5) is 32.1. The predicted octanol–water partition coefficient (Wildman–Crippen LogP) is 8.95. The molecule has 0 saturated heterocycles. The van der Waals surface area contributed by atoms with Gasteiger partial charge in [0.1, 0.15) is 23.5 Å². The van der Waals surface area contributed by atoms with Crippen molar-refractivity contribution in [3.8, 4) is 5.75 Å². The maximum absolute atomic E-state index is 11.5. The Morgan fingerprint density at radius 1 is 0.936 bits per heavy atom. The van der Waals surface area contributed by atoms with Crippen LogP contribution in [0.2, 0.25) is 0 Å². The number of rotatable bonds is 7. The first-order valence-electron chi connectivity index (χ1n) is 16.7. The maximum atomic E-state index is 11.5. The van der Waals surface area contributed by atoms with Crippen LogP contribution >= 0.6 is 19.4 Å². The minimum absolute atomic E-state index is 0.103. The van der Waals surface area contributed by atoms with E-state index in [9.17, 15) is 19.5 Å². The van der Waals surface area contributed by atoms with Crippen LogP contribution in [0.5, 0.6) is 5.75 Å². The standard InChI is InChI=1S/C17H21NO2.C13H19NO.C6H10O3.2ClH.Zn/c1-3-4-12-5-6-13-8-14-11(2)7-17(19)20-16(14)9-15(13)18-10-12;1-2-3-10-4-5-11-6-7-12(15)8-13(11)14-9-10;1-3-9-6(8)4-5(2)7;;;/h7-9,12,18H,3-6,10H2,1-2H3;6-8,10,14-15H,2-5,9H2,1H3;3-4H2,1-2H3;2*1H;/q;;;;;+2/p-2. The molecule has 3 aromatic rings. The van der Waals surface area contributed by atoms with Gasteiger partial charge in [-0.15, -0.1) is 0 Å². The van der Waals surface area contributed by atoms with Crippen LogP contribution in [-0.2, 0) is 42.3 Å². The summed E-state index contributed by atoms with van der Waals surface area (Å²) in [7, 11) is 9.90. The van der Waals surface area contributed by atoms with E-state index in [-0.39, 0.29) is 17.8 Å². The molecule has 256 valence electrons. The van der Waals surface area contributed by atoms with E-state index in [1.165, 1.54) is 56.6 Å². The Hall–Kier alpha value is -2.61. The normalized spacial score (nSPS) is 16.1. The zero-order valence-corrected chi connectivity index (χ0v) is 33.0. The Morgan fingerprint density at radius 3 is 2.06 bits per heavy atom. The number of esters is 1. The quantitative estimate of drug-likeness (QED) is 0.0951. The van der Waals surface area contributed by atoms with Crippen molar-refractivity contribution in [2.24, 2.45) is 11.8 Å². The fourth-order valence-electron chi connectivity index (χ4n) is 5.88. The monoisotopic (exact) mass is 740 g/mol. The molecule has 47 heavy (non-hydrogen) atoms. The number of carbonyl (C=O) groups is 2. The van der Waals surface area contributed by atoms with Crippen molar-refractivity contribution < 1.29 is 39.0 Å². The molecular formula is C36H50Cl2N2O6Zn. The first kappa shape index (κ1) is 40.6. The molecule has 3 N–H and O–H groups in total. The van der Waals surface area contributed by atoms with Crippen molar-refractivity contribution in [3.05, 3.63) is 63.5 Å². The summed E-state index contributed by atoms with van der Waals surface area (Å²) < 4.78 is 9.82. The van der Waals surface area contributed by atoms with Crippen molar-refractivity contribution in [3.63, 3.8) is 0 Å². The zero-order valence-electron chi connectivity index (χ0n) is 28.6. The Labute approximate surface area is 295 Å². The van der Waals surface area contributed by atoms with Gasteiger partial charge in [-0.1, -0.05) is 32.8 Å². The van der Waals surface area contributed by atoms with Crippen LogP contribution in [0.15, 0.2) is 45.6 Å². The molecule has 2 aromatic carbocycles. The first-order chi connectivity index (χ1) is 22.5. The average molecular weight is 743 g/mol. The Morgan fingerprint density at radius 2 is 1.51 bits per heavy atom. The molecule has 11 heteroatoms. The molecule has 1 aromatic heterocycles. The minimum atomic E-state index is -0.931. The van der Waals surface area contributed by atoms with Crippen LogP contribution in [0, 0.1) is 18.8 Å². The molecule has 0 fully saturated rings. The molecule has 8 nitrogen and oxygen atoms in total. The van der Waals surface area contributed by atoms with Gasteiger partial charge in [0.05, 0.1) is 6.61 Å². The molecule has 0 amide bonds. The number of ketones is 1. The van der Waals surface area contributed by atoms with Gasteiger partial charge in [0.25, 0.3) is 0 Å². The van der Waals surface area contributed by atoms with Crippen LogP contribution in [0.25, 0.3) is 11.0 Å². The summed E-state index contributed by atoms with van der Waals surface area (Å²) in [5, 5.41) is 17.4. The van der Waals surface area contributed by atoms with Gasteiger partial charge < -0.3 is 24.9 Å². The number of aryl methyl sites for hydroxylation is 3. The summed E-state index contributed by atoms with van der Waals surface area (Å²) in [5.74, 6) is 1.28. The molecule has 2 aliphatic rings. The van der Waals surface area contributed by atoms with E-state index in [2.05, 4.69) is 35.3 Å². The predicted molar refractivity (Wildman–Crippen MR) is 189 cm³/mol. The van der Waals surface area contributed by atoms with Crippen molar-refractivity contribution >= 4 is 53.5 Å². The van der Waals surface area contributed by atoms with Crippen molar-refractivity contribution in [2.75, 3.05) is 30.3 Å². The number of phenols is 1. The van der Waals surface area contributed by atoms with Gasteiger partial charge >= 0.3 is 46.1 Å². The number of fused-ring (bicyclic) bond motifs is 3. The van der Waals surface area contributed by atoms with E-state index in [0.717, 1.165) is 60.1 Å². The molecule has 5 rings (SSSR count). The fraction of sp³-hybridized carbons (Fsp3) is 0.528. The van der Waals surface area contributed by atoms with E-state index in [1.807, 2.05) is 25.1 Å². The van der Waals surface area contributed by atoms with Gasteiger partial charge in [-0.3, -0.25) is 9.59 Å². The molecule has 0 saturated carbocycles. The molecular weight excluding hydrogens is 693 g/mol. The first-order valence-corrected chi connectivity index (χ1v) is 24.5. The second-order valence-corrected chi connectivity index (χ2v) is 16.7. The second kappa shape index (κ2) is 22.1. The van der Waals surface area contributed by atoms with Gasteiger partial charge in [0.2, 0.25) is 0 Å².